The van der Waals surface area contributed by atoms with Crippen molar-refractivity contribution in [2.45, 2.75) is 0 Å². The average molecular weight is 116 g/mol. The molecule has 0 unspecified atom stereocenters. The molecule has 1 heterocycles. The van der Waals surface area contributed by atoms with E-state index in [4.69, 9.17) is 11.3 Å². The van der Waals surface area contributed by atoms with Crippen molar-refractivity contribution in [3.63, 3.8) is 0 Å². The molecule has 0 radical (unpaired) electrons. The number of nitrogens with two attached hydrogens (primary N) is 1. The highest BCUT2D eigenvalue weighted by atomic mass is 16.5. The van der Waals surface area contributed by atoms with Crippen LogP contribution >= 0.6 is 0 Å². The molecule has 0 aliphatic heterocycles. The summed E-state index contributed by atoms with van der Waals surface area (Å²) in [6.45, 7) is 0. The Morgan fingerprint density at radius 3 is 2.62 bits per heavy atom. The molecule has 0 spiro atoms. The summed E-state index contributed by atoms with van der Waals surface area (Å²) in [6.07, 6.45) is 0. The zero-order valence-corrected chi connectivity index (χ0v) is 3.84. The molecule has 0 aliphatic rings. The molecule has 6 heteroatoms. The normalized spacial score (nSPS) is 9.50. The summed E-state index contributed by atoms with van der Waals surface area (Å²) < 4.78 is 4.06. The van der Waals surface area contributed by atoms with Crippen molar-refractivity contribution < 1.29 is 4.52 Å². The summed E-state index contributed by atoms with van der Waals surface area (Å²) in [7, 11) is 0. The van der Waals surface area contributed by atoms with Crippen LogP contribution in [0.5, 0.6) is 0 Å². The predicted molar refractivity (Wildman–Crippen MR) is 23.3 cm³/mol. The Labute approximate surface area is 43.0 Å². The van der Waals surface area contributed by atoms with Crippen LogP contribution in [0.3, 0.4) is 0 Å². The lowest BCUT2D eigenvalue weighted by Crippen LogP contribution is -2.32. The van der Waals surface area contributed by atoms with Crippen LogP contribution in [0.2, 0.25) is 0 Å². The van der Waals surface area contributed by atoms with Crippen molar-refractivity contribution in [1.29, 1.82) is 5.41 Å². The van der Waals surface area contributed by atoms with Gasteiger partial charge in [0, 0.05) is 0 Å². The van der Waals surface area contributed by atoms with E-state index in [1.54, 1.807) is 0 Å². The van der Waals surface area contributed by atoms with Crippen LogP contribution in [0.1, 0.15) is 0 Å². The summed E-state index contributed by atoms with van der Waals surface area (Å²) in [4.78, 5) is 10.8. The summed E-state index contributed by atoms with van der Waals surface area (Å²) in [5.41, 5.74) is -1.17. The lowest BCUT2D eigenvalue weighted by atomic mass is 10.9. The number of hydrogen-bond donors (Lipinski definition) is 3. The molecule has 44 valence electrons. The maximum absolute atomic E-state index is 10.2. The molecule has 1 rings (SSSR count). The molecule has 0 aliphatic carbocycles. The van der Waals surface area contributed by atoms with Crippen LogP contribution < -0.4 is 17.0 Å². The van der Waals surface area contributed by atoms with Crippen molar-refractivity contribution in [3.05, 3.63) is 15.9 Å². The second-order valence-electron chi connectivity index (χ2n) is 1.20. The Kier molecular flexibility index (Phi) is 0.736. The first kappa shape index (κ1) is 4.69. The summed E-state index contributed by atoms with van der Waals surface area (Å²) in [5.74, 6) is 4.92. The number of aromatic amines is 1. The van der Waals surface area contributed by atoms with Crippen LogP contribution in [0.4, 0.5) is 0 Å². The number of aromatic nitrogens is 2. The molecular formula is C2H4N4O2. The third kappa shape index (κ3) is 0.427. The van der Waals surface area contributed by atoms with Gasteiger partial charge in [0.2, 0.25) is 0 Å². The molecule has 0 atom stereocenters. The van der Waals surface area contributed by atoms with Crippen molar-refractivity contribution in [2.75, 3.05) is 5.84 Å². The molecule has 1 aromatic rings. The SMILES string of the molecule is N=c1c(=O)o[nH]n1N. The predicted octanol–water partition coefficient (Wildman–Crippen LogP) is -2.04. The minimum atomic E-state index is -0.771. The lowest BCUT2D eigenvalue weighted by Gasteiger charge is -1.79. The van der Waals surface area contributed by atoms with Crippen molar-refractivity contribution in [1.82, 2.24) is 10.1 Å². The Morgan fingerprint density at radius 1 is 1.88 bits per heavy atom. The van der Waals surface area contributed by atoms with Crippen LogP contribution in [0.15, 0.2) is 9.32 Å². The largest absolute Gasteiger partial charge is 0.403 e. The Balaban J connectivity index is 3.66. The first-order valence-corrected chi connectivity index (χ1v) is 1.82. The molecule has 0 saturated heterocycles. The molecule has 0 bridgehead atoms. The van der Waals surface area contributed by atoms with Gasteiger partial charge in [-0.15, -0.1) is 10.1 Å². The summed E-state index contributed by atoms with van der Waals surface area (Å²) in [6, 6.07) is 0. The van der Waals surface area contributed by atoms with E-state index >= 15 is 0 Å². The molecule has 0 aromatic carbocycles. The molecule has 6 nitrogen and oxygen atoms in total. The van der Waals surface area contributed by atoms with Crippen molar-refractivity contribution in [2.24, 2.45) is 0 Å². The zero-order valence-electron chi connectivity index (χ0n) is 3.84. The Bertz CT molecular complexity index is 277. The van der Waals surface area contributed by atoms with Gasteiger partial charge < -0.3 is 10.4 Å². The van der Waals surface area contributed by atoms with Gasteiger partial charge in [0.15, 0.2) is 0 Å². The monoisotopic (exact) mass is 116 g/mol. The standard InChI is InChI=1S/C2H4N4O2/c3-1-2(7)8-5-6(1)4/h3,5H,4H2. The van der Waals surface area contributed by atoms with Crippen LogP contribution in [-0.4, -0.2) is 10.1 Å². The highest BCUT2D eigenvalue weighted by molar-refractivity contribution is 4.58. The van der Waals surface area contributed by atoms with E-state index in [-0.39, 0.29) is 0 Å². The van der Waals surface area contributed by atoms with E-state index in [2.05, 4.69) is 4.52 Å². The van der Waals surface area contributed by atoms with E-state index in [0.717, 1.165) is 0 Å². The fourth-order valence-corrected chi connectivity index (χ4v) is 0.283. The fraction of sp³-hybridized carbons (Fsp3) is 0. The molecular weight excluding hydrogens is 112 g/mol. The van der Waals surface area contributed by atoms with E-state index in [9.17, 15) is 4.79 Å². The highest BCUT2D eigenvalue weighted by Crippen LogP contribution is 1.47. The van der Waals surface area contributed by atoms with Gasteiger partial charge in [0.1, 0.15) is 0 Å². The van der Waals surface area contributed by atoms with Crippen LogP contribution in [-0.2, 0) is 0 Å². The quantitative estimate of drug-likeness (QED) is 0.340. The van der Waals surface area contributed by atoms with E-state index in [1.807, 2.05) is 5.27 Å². The fourth-order valence-electron chi connectivity index (χ4n) is 0.283. The van der Waals surface area contributed by atoms with Crippen molar-refractivity contribution in [3.8, 4) is 0 Å². The first-order chi connectivity index (χ1) is 3.72. The van der Waals surface area contributed by atoms with Gasteiger partial charge in [-0.3, -0.25) is 5.41 Å². The molecule has 4 N–H and O–H groups in total. The number of nitrogens with one attached hydrogen (secondary N) is 2. The van der Waals surface area contributed by atoms with Gasteiger partial charge in [-0.2, -0.15) is 0 Å². The van der Waals surface area contributed by atoms with Gasteiger partial charge >= 0.3 is 5.63 Å². The topological polar surface area (TPSA) is 101 Å². The Morgan fingerprint density at radius 2 is 2.50 bits per heavy atom. The zero-order chi connectivity index (χ0) is 6.15. The number of H-pyrrole nitrogens is 1. The van der Waals surface area contributed by atoms with Gasteiger partial charge in [-0.25, -0.2) is 4.79 Å². The smallest absolute Gasteiger partial charge is 0.320 e. The third-order valence-corrected chi connectivity index (χ3v) is 0.671. The van der Waals surface area contributed by atoms with Gasteiger partial charge in [-0.1, -0.05) is 0 Å². The summed E-state index contributed by atoms with van der Waals surface area (Å²) in [5, 5.41) is 8.68. The minimum absolute atomic E-state index is 0.398. The average Bonchev–Trinajstić information content (AvgIpc) is 1.98. The minimum Gasteiger partial charge on any atom is -0.320 e. The third-order valence-electron chi connectivity index (χ3n) is 0.671. The van der Waals surface area contributed by atoms with Crippen LogP contribution in [0.25, 0.3) is 0 Å². The molecule has 0 amide bonds. The van der Waals surface area contributed by atoms with E-state index in [0.29, 0.717) is 4.79 Å². The second-order valence-corrected chi connectivity index (χ2v) is 1.20. The lowest BCUT2D eigenvalue weighted by molar-refractivity contribution is 0.347. The molecule has 1 aromatic heterocycles. The van der Waals surface area contributed by atoms with Gasteiger partial charge in [-0.05, 0) is 0 Å². The summed E-state index contributed by atoms with van der Waals surface area (Å²) >= 11 is 0. The van der Waals surface area contributed by atoms with E-state index in [1.165, 1.54) is 0 Å². The number of rotatable bonds is 0. The first-order valence-electron chi connectivity index (χ1n) is 1.82. The Hall–Kier alpha value is -1.46. The van der Waals surface area contributed by atoms with E-state index < -0.39 is 11.1 Å². The molecule has 0 saturated carbocycles. The number of nitrogen functional groups attached to an aromatic ring is 1. The van der Waals surface area contributed by atoms with Crippen LogP contribution in [0, 0.1) is 5.41 Å². The maximum atomic E-state index is 10.2. The maximum Gasteiger partial charge on any atom is 0.403 e. The molecule has 0 fully saturated rings. The molecule has 8 heavy (non-hydrogen) atoms. The highest BCUT2D eigenvalue weighted by Gasteiger charge is 1.92. The number of hydrogen-bond acceptors (Lipinski definition) is 4. The second kappa shape index (κ2) is 1.25. The van der Waals surface area contributed by atoms with Gasteiger partial charge in [0.05, 0.1) is 0 Å². The van der Waals surface area contributed by atoms with Gasteiger partial charge in [0.25, 0.3) is 5.49 Å². The number of nitrogens with zero attached hydrogens (tertiary/aromatic N) is 1. The van der Waals surface area contributed by atoms with Crippen molar-refractivity contribution >= 4 is 0 Å².